The van der Waals surface area contributed by atoms with E-state index in [1.54, 1.807) is 39.0 Å². The zero-order valence-electron chi connectivity index (χ0n) is 21.8. The number of methoxy groups -OCH3 is 2. The molecule has 0 aliphatic carbocycles. The van der Waals surface area contributed by atoms with Crippen LogP contribution in [-0.4, -0.2) is 61.3 Å². The fourth-order valence-electron chi connectivity index (χ4n) is 4.40. The second-order valence-corrected chi connectivity index (χ2v) is 12.5. The maximum absolute atomic E-state index is 14.0. The number of aliphatic carboxylic acids is 1. The minimum absolute atomic E-state index is 0.0776. The standard InChI is InChI=1S/C25H27Cl2N5O6S/c1-25(2,3)20(21(33)34)32(39(35,36)18-12-15(26)11-16(27)13-18)17-6-7-19-14(10-17)8-9-31(19)22-28-23(37-4)30-24(29-22)38-5/h6-7,10-13,20H,8-9H2,1-5H3,(H,33,34). The lowest BCUT2D eigenvalue weighted by molar-refractivity contribution is -0.140. The fourth-order valence-corrected chi connectivity index (χ4v) is 6.91. The van der Waals surface area contributed by atoms with Crippen LogP contribution in [0.2, 0.25) is 10.0 Å². The average molecular weight is 596 g/mol. The van der Waals surface area contributed by atoms with Crippen LogP contribution in [0.4, 0.5) is 17.3 Å². The predicted molar refractivity (Wildman–Crippen MR) is 147 cm³/mol. The summed E-state index contributed by atoms with van der Waals surface area (Å²) in [7, 11) is -1.56. The first-order chi connectivity index (χ1) is 18.3. The van der Waals surface area contributed by atoms with E-state index in [9.17, 15) is 18.3 Å². The van der Waals surface area contributed by atoms with Gasteiger partial charge in [-0.05, 0) is 53.8 Å². The molecular formula is C25H27Cl2N5O6S. The Balaban J connectivity index is 1.86. The van der Waals surface area contributed by atoms with Gasteiger partial charge in [0, 0.05) is 22.3 Å². The highest BCUT2D eigenvalue weighted by molar-refractivity contribution is 7.93. The number of carboxylic acid groups (broad SMARTS) is 1. The third kappa shape index (κ3) is 5.68. The van der Waals surface area contributed by atoms with E-state index in [1.807, 2.05) is 4.90 Å². The molecular weight excluding hydrogens is 569 g/mol. The van der Waals surface area contributed by atoms with Crippen molar-refractivity contribution in [3.8, 4) is 12.0 Å². The predicted octanol–water partition coefficient (Wildman–Crippen LogP) is 4.58. The number of benzene rings is 2. The molecule has 1 aromatic heterocycles. The molecule has 2 heterocycles. The van der Waals surface area contributed by atoms with Gasteiger partial charge in [0.1, 0.15) is 6.04 Å². The van der Waals surface area contributed by atoms with Gasteiger partial charge in [-0.15, -0.1) is 4.98 Å². The van der Waals surface area contributed by atoms with Crippen molar-refractivity contribution in [2.24, 2.45) is 5.41 Å². The lowest BCUT2D eigenvalue weighted by atomic mass is 9.86. The van der Waals surface area contributed by atoms with Crippen molar-refractivity contribution in [2.45, 2.75) is 38.1 Å². The van der Waals surface area contributed by atoms with Gasteiger partial charge >= 0.3 is 18.0 Å². The summed E-state index contributed by atoms with van der Waals surface area (Å²) in [5, 5.41) is 10.4. The highest BCUT2D eigenvalue weighted by atomic mass is 35.5. The summed E-state index contributed by atoms with van der Waals surface area (Å²) < 4.78 is 39.3. The molecule has 2 aromatic carbocycles. The molecule has 1 atom stereocenters. The lowest BCUT2D eigenvalue weighted by Crippen LogP contribution is -2.52. The van der Waals surface area contributed by atoms with E-state index in [4.69, 9.17) is 32.7 Å². The van der Waals surface area contributed by atoms with Crippen molar-refractivity contribution in [3.05, 3.63) is 52.0 Å². The van der Waals surface area contributed by atoms with Gasteiger partial charge in [0.2, 0.25) is 5.95 Å². The first-order valence-electron chi connectivity index (χ1n) is 11.7. The van der Waals surface area contributed by atoms with Crippen LogP contribution in [-0.2, 0) is 21.2 Å². The Morgan fingerprint density at radius 3 is 2.13 bits per heavy atom. The minimum atomic E-state index is -4.42. The number of carbonyl (C=O) groups is 1. The van der Waals surface area contributed by atoms with Gasteiger partial charge in [-0.25, -0.2) is 13.2 Å². The van der Waals surface area contributed by atoms with Crippen LogP contribution >= 0.6 is 23.2 Å². The van der Waals surface area contributed by atoms with E-state index in [-0.39, 0.29) is 32.6 Å². The topological polar surface area (TPSA) is 135 Å². The van der Waals surface area contributed by atoms with Crippen molar-refractivity contribution in [3.63, 3.8) is 0 Å². The number of rotatable bonds is 8. The molecule has 0 saturated heterocycles. The number of halogens is 2. The van der Waals surface area contributed by atoms with Crippen LogP contribution in [0.1, 0.15) is 26.3 Å². The van der Waals surface area contributed by atoms with Gasteiger partial charge in [-0.3, -0.25) is 4.31 Å². The van der Waals surface area contributed by atoms with Crippen LogP contribution in [0.3, 0.4) is 0 Å². The molecule has 0 fully saturated rings. The zero-order chi connectivity index (χ0) is 28.7. The number of aromatic nitrogens is 3. The third-order valence-electron chi connectivity index (χ3n) is 6.08. The van der Waals surface area contributed by atoms with Gasteiger partial charge in [0.15, 0.2) is 0 Å². The SMILES string of the molecule is COc1nc(OC)nc(N2CCc3cc(N(C(C(=O)O)C(C)(C)C)S(=O)(=O)c4cc(Cl)cc(Cl)c4)ccc32)n1. The molecule has 14 heteroatoms. The Morgan fingerprint density at radius 1 is 1.03 bits per heavy atom. The summed E-state index contributed by atoms with van der Waals surface area (Å²) in [6.07, 6.45) is 0.517. The summed E-state index contributed by atoms with van der Waals surface area (Å²) in [6, 6.07) is 7.52. The van der Waals surface area contributed by atoms with Crippen molar-refractivity contribution in [1.29, 1.82) is 0 Å². The Morgan fingerprint density at radius 2 is 1.62 bits per heavy atom. The molecule has 1 aliphatic heterocycles. The number of sulfonamides is 1. The first kappa shape index (κ1) is 28.7. The molecule has 4 rings (SSSR count). The maximum atomic E-state index is 14.0. The number of hydrogen-bond acceptors (Lipinski definition) is 9. The summed E-state index contributed by atoms with van der Waals surface area (Å²) >= 11 is 12.2. The third-order valence-corrected chi connectivity index (χ3v) is 8.29. The summed E-state index contributed by atoms with van der Waals surface area (Å²) in [5.41, 5.74) is 0.692. The molecule has 1 N–H and O–H groups in total. The lowest BCUT2D eigenvalue weighted by Gasteiger charge is -2.38. The van der Waals surface area contributed by atoms with Crippen LogP contribution in [0.15, 0.2) is 41.3 Å². The highest BCUT2D eigenvalue weighted by Crippen LogP contribution is 2.40. The molecule has 1 aliphatic rings. The van der Waals surface area contributed by atoms with E-state index in [0.29, 0.717) is 18.9 Å². The van der Waals surface area contributed by atoms with E-state index in [2.05, 4.69) is 15.0 Å². The molecule has 1 unspecified atom stereocenters. The smallest absolute Gasteiger partial charge is 0.328 e. The first-order valence-corrected chi connectivity index (χ1v) is 13.9. The van der Waals surface area contributed by atoms with Crippen LogP contribution in [0.25, 0.3) is 0 Å². The number of fused-ring (bicyclic) bond motifs is 1. The number of carboxylic acids is 1. The highest BCUT2D eigenvalue weighted by Gasteiger charge is 2.44. The monoisotopic (exact) mass is 595 g/mol. The van der Waals surface area contributed by atoms with E-state index in [0.717, 1.165) is 15.6 Å². The molecule has 11 nitrogen and oxygen atoms in total. The Hall–Kier alpha value is -3.35. The van der Waals surface area contributed by atoms with Crippen molar-refractivity contribution in [2.75, 3.05) is 30.0 Å². The number of ether oxygens (including phenoxy) is 2. The molecule has 208 valence electrons. The second-order valence-electron chi connectivity index (χ2n) is 9.84. The summed E-state index contributed by atoms with van der Waals surface area (Å²) in [6.45, 7) is 5.47. The summed E-state index contributed by atoms with van der Waals surface area (Å²) in [5.74, 6) is -1.01. The second kappa shape index (κ2) is 10.7. The molecule has 0 amide bonds. The van der Waals surface area contributed by atoms with E-state index in [1.165, 1.54) is 32.4 Å². The zero-order valence-corrected chi connectivity index (χ0v) is 24.2. The molecule has 0 saturated carbocycles. The molecule has 39 heavy (non-hydrogen) atoms. The number of anilines is 3. The summed E-state index contributed by atoms with van der Waals surface area (Å²) in [4.78, 5) is 26.8. The van der Waals surface area contributed by atoms with Crippen molar-refractivity contribution in [1.82, 2.24) is 15.0 Å². The number of hydrogen-bond donors (Lipinski definition) is 1. The Bertz CT molecular complexity index is 1490. The molecule has 0 bridgehead atoms. The van der Waals surface area contributed by atoms with Gasteiger partial charge in [0.05, 0.1) is 24.8 Å². The van der Waals surface area contributed by atoms with Gasteiger partial charge in [-0.1, -0.05) is 44.0 Å². The molecule has 0 radical (unpaired) electrons. The van der Waals surface area contributed by atoms with Gasteiger partial charge in [-0.2, -0.15) is 9.97 Å². The average Bonchev–Trinajstić information content (AvgIpc) is 3.28. The molecule has 3 aromatic rings. The van der Waals surface area contributed by atoms with Crippen LogP contribution in [0, 0.1) is 5.41 Å². The van der Waals surface area contributed by atoms with Gasteiger partial charge < -0.3 is 19.5 Å². The van der Waals surface area contributed by atoms with Crippen LogP contribution < -0.4 is 18.7 Å². The molecule has 0 spiro atoms. The number of nitrogens with zero attached hydrogens (tertiary/aromatic N) is 5. The fraction of sp³-hybridized carbons (Fsp3) is 0.360. The van der Waals surface area contributed by atoms with E-state index >= 15 is 0 Å². The van der Waals surface area contributed by atoms with Crippen molar-refractivity contribution >= 4 is 56.5 Å². The van der Waals surface area contributed by atoms with E-state index < -0.39 is 27.4 Å². The quantitative estimate of drug-likeness (QED) is 0.394. The minimum Gasteiger partial charge on any atom is -0.480 e. The Kier molecular flexibility index (Phi) is 7.84. The maximum Gasteiger partial charge on any atom is 0.328 e. The van der Waals surface area contributed by atoms with Crippen molar-refractivity contribution < 1.29 is 27.8 Å². The Labute approximate surface area is 236 Å². The normalized spacial score (nSPS) is 14.1. The van der Waals surface area contributed by atoms with Gasteiger partial charge in [0.25, 0.3) is 10.0 Å². The van der Waals surface area contributed by atoms with Crippen LogP contribution in [0.5, 0.6) is 12.0 Å². The largest absolute Gasteiger partial charge is 0.480 e.